The molecular weight excluding hydrogens is 304 g/mol. The molecule has 0 bridgehead atoms. The topological polar surface area (TPSA) is 75.7 Å². The van der Waals surface area contributed by atoms with Crippen molar-refractivity contribution in [3.63, 3.8) is 0 Å². The molecule has 1 aliphatic heterocycles. The van der Waals surface area contributed by atoms with E-state index >= 15 is 0 Å². The van der Waals surface area contributed by atoms with Gasteiger partial charge in [-0.05, 0) is 30.5 Å². The summed E-state index contributed by atoms with van der Waals surface area (Å²) in [5.41, 5.74) is 1.09. The maximum absolute atomic E-state index is 12.3. The standard InChI is InChI=1S/C15H22N2O4S/c1-21-13-7-5-12(6-8-13)14-4-3-11-17(14)15(18)9-10-16-22(2,19)20/h5-8,14,16H,3-4,9-11H2,1-2H3. The summed E-state index contributed by atoms with van der Waals surface area (Å²) < 4.78 is 29.6. The molecule has 1 saturated heterocycles. The monoisotopic (exact) mass is 326 g/mol. The van der Waals surface area contributed by atoms with E-state index < -0.39 is 10.0 Å². The van der Waals surface area contributed by atoms with Crippen LogP contribution in [-0.4, -0.2) is 45.7 Å². The molecule has 1 amide bonds. The lowest BCUT2D eigenvalue weighted by molar-refractivity contribution is -0.131. The summed E-state index contributed by atoms with van der Waals surface area (Å²) in [5.74, 6) is 0.770. The molecule has 1 aromatic carbocycles. The van der Waals surface area contributed by atoms with Crippen LogP contribution in [0.3, 0.4) is 0 Å². The number of carbonyl (C=O) groups excluding carboxylic acids is 1. The molecule has 6 nitrogen and oxygen atoms in total. The van der Waals surface area contributed by atoms with Crippen LogP contribution in [0.1, 0.15) is 30.9 Å². The Balaban J connectivity index is 1.98. The molecule has 7 heteroatoms. The Kier molecular flexibility index (Phi) is 5.42. The number of nitrogens with one attached hydrogen (secondary N) is 1. The van der Waals surface area contributed by atoms with E-state index in [1.54, 1.807) is 7.11 Å². The Bertz CT molecular complexity index is 613. The van der Waals surface area contributed by atoms with Gasteiger partial charge in [-0.3, -0.25) is 4.79 Å². The average molecular weight is 326 g/mol. The van der Waals surface area contributed by atoms with Crippen LogP contribution in [0.2, 0.25) is 0 Å². The van der Waals surface area contributed by atoms with Crippen LogP contribution in [0.25, 0.3) is 0 Å². The van der Waals surface area contributed by atoms with Gasteiger partial charge in [-0.15, -0.1) is 0 Å². The Morgan fingerprint density at radius 3 is 2.64 bits per heavy atom. The van der Waals surface area contributed by atoms with Crippen molar-refractivity contribution in [3.8, 4) is 5.75 Å². The first kappa shape index (κ1) is 16.8. The molecule has 1 atom stereocenters. The van der Waals surface area contributed by atoms with E-state index in [1.807, 2.05) is 29.2 Å². The third kappa shape index (κ3) is 4.45. The fourth-order valence-electron chi connectivity index (χ4n) is 2.72. The van der Waals surface area contributed by atoms with E-state index in [0.29, 0.717) is 6.54 Å². The van der Waals surface area contributed by atoms with E-state index in [9.17, 15) is 13.2 Å². The van der Waals surface area contributed by atoms with E-state index in [4.69, 9.17) is 4.74 Å². The summed E-state index contributed by atoms with van der Waals surface area (Å²) >= 11 is 0. The highest BCUT2D eigenvalue weighted by Gasteiger charge is 2.29. The first-order valence-corrected chi connectivity index (χ1v) is 9.18. The normalized spacial score (nSPS) is 18.5. The minimum atomic E-state index is -3.25. The van der Waals surface area contributed by atoms with Crippen LogP contribution in [0, 0.1) is 0 Å². The fourth-order valence-corrected chi connectivity index (χ4v) is 3.20. The molecule has 2 rings (SSSR count). The summed E-state index contributed by atoms with van der Waals surface area (Å²) in [6, 6.07) is 7.80. The fraction of sp³-hybridized carbons (Fsp3) is 0.533. The van der Waals surface area contributed by atoms with Crippen LogP contribution < -0.4 is 9.46 Å². The van der Waals surface area contributed by atoms with Gasteiger partial charge in [0.25, 0.3) is 0 Å². The number of amides is 1. The number of carbonyl (C=O) groups is 1. The molecule has 1 aliphatic rings. The van der Waals surface area contributed by atoms with Crippen molar-refractivity contribution in [1.29, 1.82) is 0 Å². The van der Waals surface area contributed by atoms with Gasteiger partial charge in [0.05, 0.1) is 19.4 Å². The minimum Gasteiger partial charge on any atom is -0.497 e. The largest absolute Gasteiger partial charge is 0.497 e. The summed E-state index contributed by atoms with van der Waals surface area (Å²) in [6.07, 6.45) is 3.16. The van der Waals surface area contributed by atoms with Crippen molar-refractivity contribution in [1.82, 2.24) is 9.62 Å². The van der Waals surface area contributed by atoms with Gasteiger partial charge in [0.15, 0.2) is 0 Å². The third-order valence-electron chi connectivity index (χ3n) is 3.78. The number of hydrogen-bond donors (Lipinski definition) is 1. The van der Waals surface area contributed by atoms with E-state index in [1.165, 1.54) is 0 Å². The SMILES string of the molecule is COc1ccc(C2CCCN2C(=O)CCNS(C)(=O)=O)cc1. The van der Waals surface area contributed by atoms with Gasteiger partial charge in [-0.2, -0.15) is 0 Å². The molecule has 1 fully saturated rings. The Morgan fingerprint density at radius 1 is 1.36 bits per heavy atom. The Morgan fingerprint density at radius 2 is 2.05 bits per heavy atom. The highest BCUT2D eigenvalue weighted by Crippen LogP contribution is 2.33. The summed E-state index contributed by atoms with van der Waals surface area (Å²) in [5, 5.41) is 0. The van der Waals surface area contributed by atoms with Gasteiger partial charge in [0, 0.05) is 19.5 Å². The molecule has 0 aliphatic carbocycles. The lowest BCUT2D eigenvalue weighted by atomic mass is 10.0. The summed E-state index contributed by atoms with van der Waals surface area (Å²) in [6.45, 7) is 0.859. The predicted octanol–water partition coefficient (Wildman–Crippen LogP) is 1.30. The molecule has 0 saturated carbocycles. The van der Waals surface area contributed by atoms with E-state index in [-0.39, 0.29) is 24.9 Å². The molecule has 1 aromatic rings. The Labute approximate surface area is 131 Å². The van der Waals surface area contributed by atoms with Crippen molar-refractivity contribution in [2.24, 2.45) is 0 Å². The van der Waals surface area contributed by atoms with Crippen molar-refractivity contribution in [3.05, 3.63) is 29.8 Å². The first-order chi connectivity index (χ1) is 10.4. The zero-order valence-electron chi connectivity index (χ0n) is 12.9. The number of likely N-dealkylation sites (tertiary alicyclic amines) is 1. The highest BCUT2D eigenvalue weighted by molar-refractivity contribution is 7.88. The second kappa shape index (κ2) is 7.11. The van der Waals surface area contributed by atoms with Crippen molar-refractivity contribution >= 4 is 15.9 Å². The van der Waals surface area contributed by atoms with E-state index in [0.717, 1.165) is 30.4 Å². The van der Waals surface area contributed by atoms with Gasteiger partial charge in [-0.1, -0.05) is 12.1 Å². The average Bonchev–Trinajstić information content (AvgIpc) is 2.95. The molecule has 1 heterocycles. The molecule has 1 N–H and O–H groups in total. The number of hydrogen-bond acceptors (Lipinski definition) is 4. The lowest BCUT2D eigenvalue weighted by Gasteiger charge is -2.25. The molecule has 1 unspecified atom stereocenters. The highest BCUT2D eigenvalue weighted by atomic mass is 32.2. The van der Waals surface area contributed by atoms with Crippen LogP contribution in [0.15, 0.2) is 24.3 Å². The second-order valence-electron chi connectivity index (χ2n) is 5.43. The van der Waals surface area contributed by atoms with Gasteiger partial charge in [0.2, 0.25) is 15.9 Å². The zero-order chi connectivity index (χ0) is 16.2. The maximum Gasteiger partial charge on any atom is 0.224 e. The summed E-state index contributed by atoms with van der Waals surface area (Å²) in [4.78, 5) is 14.1. The van der Waals surface area contributed by atoms with Crippen LogP contribution in [0.4, 0.5) is 0 Å². The second-order valence-corrected chi connectivity index (χ2v) is 7.27. The van der Waals surface area contributed by atoms with E-state index in [2.05, 4.69) is 4.72 Å². The lowest BCUT2D eigenvalue weighted by Crippen LogP contribution is -2.34. The van der Waals surface area contributed by atoms with Crippen LogP contribution in [-0.2, 0) is 14.8 Å². The third-order valence-corrected chi connectivity index (χ3v) is 4.51. The number of ether oxygens (including phenoxy) is 1. The first-order valence-electron chi connectivity index (χ1n) is 7.29. The predicted molar refractivity (Wildman–Crippen MR) is 84.1 cm³/mol. The Hall–Kier alpha value is -1.60. The van der Waals surface area contributed by atoms with Crippen LogP contribution in [0.5, 0.6) is 5.75 Å². The van der Waals surface area contributed by atoms with Gasteiger partial charge < -0.3 is 9.64 Å². The minimum absolute atomic E-state index is 0.0190. The molecule has 122 valence electrons. The zero-order valence-corrected chi connectivity index (χ0v) is 13.7. The van der Waals surface area contributed by atoms with Gasteiger partial charge >= 0.3 is 0 Å². The summed E-state index contributed by atoms with van der Waals surface area (Å²) in [7, 11) is -1.63. The van der Waals surface area contributed by atoms with Gasteiger partial charge in [0.1, 0.15) is 5.75 Å². The number of rotatable bonds is 6. The van der Waals surface area contributed by atoms with Crippen molar-refractivity contribution in [2.75, 3.05) is 26.5 Å². The quantitative estimate of drug-likeness (QED) is 0.855. The number of sulfonamides is 1. The van der Waals surface area contributed by atoms with Crippen molar-refractivity contribution in [2.45, 2.75) is 25.3 Å². The molecule has 0 radical (unpaired) electrons. The molecule has 0 spiro atoms. The number of methoxy groups -OCH3 is 1. The molecule has 0 aromatic heterocycles. The van der Waals surface area contributed by atoms with Gasteiger partial charge in [-0.25, -0.2) is 13.1 Å². The molecular formula is C15H22N2O4S. The molecule has 22 heavy (non-hydrogen) atoms. The van der Waals surface area contributed by atoms with Crippen molar-refractivity contribution < 1.29 is 17.9 Å². The smallest absolute Gasteiger partial charge is 0.224 e. The maximum atomic E-state index is 12.3. The van der Waals surface area contributed by atoms with Crippen LogP contribution >= 0.6 is 0 Å². The number of nitrogens with zero attached hydrogens (tertiary/aromatic N) is 1. The number of benzene rings is 1.